The average Bonchev–Trinajstić information content (AvgIpc) is 3.45. The third-order valence-corrected chi connectivity index (χ3v) is 6.49. The predicted molar refractivity (Wildman–Crippen MR) is 118 cm³/mol. The second kappa shape index (κ2) is 8.64. The summed E-state index contributed by atoms with van der Waals surface area (Å²) in [6.45, 7) is 2.40. The largest absolute Gasteiger partial charge is 0.492 e. The van der Waals surface area contributed by atoms with Gasteiger partial charge in [0.1, 0.15) is 11.3 Å². The molecule has 3 aliphatic rings. The molecular weight excluding hydrogens is 429 g/mol. The number of nitrogens with zero attached hydrogens (tertiary/aromatic N) is 2. The van der Waals surface area contributed by atoms with E-state index in [4.69, 9.17) is 4.74 Å². The number of hydrogen-bond acceptors (Lipinski definition) is 5. The van der Waals surface area contributed by atoms with E-state index in [0.29, 0.717) is 35.5 Å². The number of carboxylic acid groups (broad SMARTS) is 1. The lowest BCUT2D eigenvalue weighted by Crippen LogP contribution is -2.40. The molecule has 2 aliphatic heterocycles. The van der Waals surface area contributed by atoms with Gasteiger partial charge in [-0.25, -0.2) is 9.18 Å². The molecule has 10 heteroatoms. The predicted octanol–water partition coefficient (Wildman–Crippen LogP) is 1.97. The Morgan fingerprint density at radius 3 is 2.65 bits per heavy atom. The minimum Gasteiger partial charge on any atom is -0.492 e. The zero-order chi connectivity index (χ0) is 20.3. The van der Waals surface area contributed by atoms with E-state index in [0.717, 1.165) is 38.8 Å². The van der Waals surface area contributed by atoms with Crippen molar-refractivity contribution in [1.82, 2.24) is 9.88 Å². The summed E-state index contributed by atoms with van der Waals surface area (Å²) in [7, 11) is 1.48. The lowest BCUT2D eigenvalue weighted by molar-refractivity contribution is 0.0694. The van der Waals surface area contributed by atoms with Gasteiger partial charge in [-0.1, -0.05) is 0 Å². The first-order chi connectivity index (χ1) is 14.0. The highest BCUT2D eigenvalue weighted by Crippen LogP contribution is 2.45. The second-order valence-electron chi connectivity index (χ2n) is 8.32. The zero-order valence-corrected chi connectivity index (χ0v) is 18.0. The van der Waals surface area contributed by atoms with E-state index in [9.17, 15) is 14.7 Å². The topological polar surface area (TPSA) is 115 Å². The Balaban J connectivity index is 0.00000136. The highest BCUT2D eigenvalue weighted by molar-refractivity contribution is 5.97. The molecule has 8 nitrogen and oxygen atoms in total. The number of anilines is 1. The molecule has 31 heavy (non-hydrogen) atoms. The molecule has 1 aromatic heterocycles. The first kappa shape index (κ1) is 23.3. The molecule has 0 spiro atoms. The maximum Gasteiger partial charge on any atom is 0.341 e. The van der Waals surface area contributed by atoms with E-state index in [1.54, 1.807) is 4.57 Å². The first-order valence-corrected chi connectivity index (χ1v) is 10.2. The Hall–Kier alpha value is -2.36. The Kier molecular flexibility index (Phi) is 6.50. The Bertz CT molecular complexity index is 1060. The molecule has 0 bridgehead atoms. The Labute approximate surface area is 184 Å². The van der Waals surface area contributed by atoms with Crippen LogP contribution >= 0.6 is 12.4 Å². The van der Waals surface area contributed by atoms with Gasteiger partial charge < -0.3 is 30.1 Å². The smallest absolute Gasteiger partial charge is 0.341 e. The van der Waals surface area contributed by atoms with Gasteiger partial charge in [-0.2, -0.15) is 0 Å². The number of methoxy groups -OCH3 is 1. The van der Waals surface area contributed by atoms with Crippen molar-refractivity contribution in [3.05, 3.63) is 33.9 Å². The van der Waals surface area contributed by atoms with Crippen molar-refractivity contribution in [1.29, 1.82) is 0 Å². The quantitative estimate of drug-likeness (QED) is 0.728. The van der Waals surface area contributed by atoms with Crippen LogP contribution in [0.2, 0.25) is 0 Å². The molecule has 3 fully saturated rings. The lowest BCUT2D eigenvalue weighted by Gasteiger charge is -2.25. The van der Waals surface area contributed by atoms with Gasteiger partial charge in [0, 0.05) is 31.4 Å². The summed E-state index contributed by atoms with van der Waals surface area (Å²) in [5.74, 6) is -1.07. The summed E-state index contributed by atoms with van der Waals surface area (Å²) in [4.78, 5) is 26.4. The number of rotatable bonds is 4. The maximum atomic E-state index is 15.3. The fourth-order valence-corrected chi connectivity index (χ4v) is 4.95. The second-order valence-corrected chi connectivity index (χ2v) is 8.32. The van der Waals surface area contributed by atoms with E-state index in [1.807, 2.05) is 4.90 Å². The molecule has 2 saturated heterocycles. The minimum absolute atomic E-state index is 0. The molecule has 0 unspecified atom stereocenters. The molecule has 1 aliphatic carbocycles. The van der Waals surface area contributed by atoms with Crippen LogP contribution in [0.15, 0.2) is 17.1 Å². The van der Waals surface area contributed by atoms with Crippen LogP contribution in [0.3, 0.4) is 0 Å². The number of aromatic nitrogens is 1. The Morgan fingerprint density at radius 2 is 2.03 bits per heavy atom. The third-order valence-electron chi connectivity index (χ3n) is 6.49. The van der Waals surface area contributed by atoms with Crippen molar-refractivity contribution < 1.29 is 24.5 Å². The van der Waals surface area contributed by atoms with Crippen molar-refractivity contribution in [3.8, 4) is 5.75 Å². The van der Waals surface area contributed by atoms with E-state index in [-0.39, 0.29) is 34.9 Å². The number of halogens is 2. The summed E-state index contributed by atoms with van der Waals surface area (Å²) < 4.78 is 22.8. The van der Waals surface area contributed by atoms with Crippen molar-refractivity contribution in [2.75, 3.05) is 31.6 Å². The van der Waals surface area contributed by atoms with Gasteiger partial charge in [-0.3, -0.25) is 4.79 Å². The molecule has 2 aromatic rings. The molecule has 5 rings (SSSR count). The molecule has 0 radical (unpaired) electrons. The number of hydrogen-bond donors (Lipinski definition) is 2. The van der Waals surface area contributed by atoms with Crippen LogP contribution in [-0.2, 0) is 0 Å². The molecular formula is C21H27ClFN3O5. The monoisotopic (exact) mass is 455 g/mol. The summed E-state index contributed by atoms with van der Waals surface area (Å²) in [5.41, 5.74) is -0.155. The van der Waals surface area contributed by atoms with Gasteiger partial charge in [-0.15, -0.1) is 12.4 Å². The number of nitrogens with one attached hydrogen (secondary N) is 1. The molecule has 4 N–H and O–H groups in total. The van der Waals surface area contributed by atoms with Gasteiger partial charge in [0.2, 0.25) is 5.43 Å². The molecule has 1 aromatic carbocycles. The number of piperidine rings is 1. The van der Waals surface area contributed by atoms with Crippen LogP contribution in [-0.4, -0.2) is 53.9 Å². The van der Waals surface area contributed by atoms with Crippen molar-refractivity contribution in [2.45, 2.75) is 37.8 Å². The van der Waals surface area contributed by atoms with Crippen LogP contribution < -0.4 is 20.4 Å². The van der Waals surface area contributed by atoms with Crippen molar-refractivity contribution >= 4 is 35.0 Å². The van der Waals surface area contributed by atoms with Crippen LogP contribution in [0, 0.1) is 11.7 Å². The molecule has 3 heterocycles. The minimum atomic E-state index is -1.30. The van der Waals surface area contributed by atoms with Crippen LogP contribution in [0.5, 0.6) is 5.75 Å². The van der Waals surface area contributed by atoms with Gasteiger partial charge in [0.15, 0.2) is 11.6 Å². The highest BCUT2D eigenvalue weighted by atomic mass is 35.5. The summed E-state index contributed by atoms with van der Waals surface area (Å²) >= 11 is 0. The van der Waals surface area contributed by atoms with E-state index >= 15 is 4.39 Å². The number of pyridine rings is 1. The van der Waals surface area contributed by atoms with Gasteiger partial charge in [-0.05, 0) is 44.2 Å². The van der Waals surface area contributed by atoms with E-state index < -0.39 is 17.2 Å². The summed E-state index contributed by atoms with van der Waals surface area (Å²) in [5, 5.41) is 13.0. The summed E-state index contributed by atoms with van der Waals surface area (Å²) in [6, 6.07) is 1.62. The van der Waals surface area contributed by atoms with Crippen LogP contribution in [0.1, 0.15) is 42.1 Å². The normalized spacial score (nSPS) is 22.5. The van der Waals surface area contributed by atoms with Gasteiger partial charge >= 0.3 is 5.97 Å². The molecule has 0 amide bonds. The van der Waals surface area contributed by atoms with Crippen molar-refractivity contribution in [3.63, 3.8) is 0 Å². The Morgan fingerprint density at radius 1 is 1.29 bits per heavy atom. The number of fused-ring (bicyclic) bond motifs is 2. The van der Waals surface area contributed by atoms with Crippen LogP contribution in [0.25, 0.3) is 10.9 Å². The van der Waals surface area contributed by atoms with Gasteiger partial charge in [0.05, 0.1) is 18.0 Å². The average molecular weight is 456 g/mol. The fourth-order valence-electron chi connectivity index (χ4n) is 4.95. The molecule has 2 atom stereocenters. The molecule has 170 valence electrons. The maximum absolute atomic E-state index is 15.3. The number of benzene rings is 1. The van der Waals surface area contributed by atoms with E-state index in [1.165, 1.54) is 19.4 Å². The van der Waals surface area contributed by atoms with Gasteiger partial charge in [0.25, 0.3) is 0 Å². The van der Waals surface area contributed by atoms with Crippen molar-refractivity contribution in [2.24, 2.45) is 5.92 Å². The zero-order valence-electron chi connectivity index (χ0n) is 17.2. The standard InChI is InChI=1S/C21H24FN3O4.ClH.H2O/c1-29-20-17-13(19(26)14(21(27)28)9-25(17)12-4-5-12)7-15(22)18(20)24-8-11-3-2-6-23-16(11)10-24;;/h7,9,11-12,16,23H,2-6,8,10H2,1H3,(H,27,28);1H;1H2/t11-,16-;;/m0../s1. The third kappa shape index (κ3) is 3.75. The summed E-state index contributed by atoms with van der Waals surface area (Å²) in [6.07, 6.45) is 5.40. The SMILES string of the molecule is COc1c(N2C[C@@H]3CCCN[C@H]3C2)c(F)cc2c(=O)c(C(=O)O)cn(C3CC3)c12.Cl.O. The van der Waals surface area contributed by atoms with E-state index in [2.05, 4.69) is 5.32 Å². The number of carboxylic acids is 1. The fraction of sp³-hybridized carbons (Fsp3) is 0.524. The molecule has 1 saturated carbocycles. The number of carbonyl (C=O) groups is 1. The van der Waals surface area contributed by atoms with Crippen LogP contribution in [0.4, 0.5) is 10.1 Å². The highest BCUT2D eigenvalue weighted by Gasteiger charge is 2.38. The first-order valence-electron chi connectivity index (χ1n) is 10.2. The number of aromatic carboxylic acids is 1. The number of ether oxygens (including phenoxy) is 1. The lowest BCUT2D eigenvalue weighted by atomic mass is 9.94.